The van der Waals surface area contributed by atoms with Gasteiger partial charge in [0.05, 0.1) is 7.11 Å². The van der Waals surface area contributed by atoms with Crippen molar-refractivity contribution in [2.75, 3.05) is 12.4 Å². The normalized spacial score (nSPS) is 17.3. The number of aryl methyl sites for hydroxylation is 1. The average molecular weight is 586 g/mol. The van der Waals surface area contributed by atoms with Gasteiger partial charge in [-0.1, -0.05) is 68.4 Å². The highest BCUT2D eigenvalue weighted by atomic mass is 16.6. The number of hydrogen-bond acceptors (Lipinski definition) is 5. The summed E-state index contributed by atoms with van der Waals surface area (Å²) < 4.78 is 10.8. The van der Waals surface area contributed by atoms with Crippen LogP contribution in [0.15, 0.2) is 78.9 Å². The van der Waals surface area contributed by atoms with Crippen molar-refractivity contribution in [2.45, 2.75) is 77.6 Å². The molecule has 4 rings (SSSR count). The number of anilines is 1. The summed E-state index contributed by atoms with van der Waals surface area (Å²) in [6.07, 6.45) is 1.18. The Kier molecular flexibility index (Phi) is 10.1. The van der Waals surface area contributed by atoms with Crippen LogP contribution in [0.4, 0.5) is 10.5 Å². The van der Waals surface area contributed by atoms with Gasteiger partial charge in [0.15, 0.2) is 0 Å². The van der Waals surface area contributed by atoms with Crippen molar-refractivity contribution in [3.63, 3.8) is 0 Å². The molecule has 0 saturated heterocycles. The summed E-state index contributed by atoms with van der Waals surface area (Å²) in [5, 5.41) is 5.84. The summed E-state index contributed by atoms with van der Waals surface area (Å²) in [6, 6.07) is 22.4. The van der Waals surface area contributed by atoms with Crippen LogP contribution in [0.5, 0.6) is 5.75 Å². The third kappa shape index (κ3) is 8.60. The lowest BCUT2D eigenvalue weighted by Gasteiger charge is -2.35. The summed E-state index contributed by atoms with van der Waals surface area (Å²) in [5.41, 5.74) is 2.56. The van der Waals surface area contributed by atoms with Gasteiger partial charge in [0.25, 0.3) is 5.91 Å². The van der Waals surface area contributed by atoms with Crippen LogP contribution in [0.25, 0.3) is 0 Å². The smallest absolute Gasteiger partial charge is 0.408 e. The van der Waals surface area contributed by atoms with Gasteiger partial charge in [0, 0.05) is 18.2 Å². The second-order valence-electron chi connectivity index (χ2n) is 12.1. The van der Waals surface area contributed by atoms with Crippen LogP contribution in [0, 0.1) is 5.92 Å². The van der Waals surface area contributed by atoms with Gasteiger partial charge in [-0.3, -0.25) is 9.59 Å². The number of nitrogens with one attached hydrogen (secondary N) is 2. The molecule has 0 aliphatic heterocycles. The molecule has 0 radical (unpaired) electrons. The van der Waals surface area contributed by atoms with Gasteiger partial charge in [0.1, 0.15) is 23.4 Å². The van der Waals surface area contributed by atoms with Crippen LogP contribution in [-0.4, -0.2) is 47.6 Å². The molecule has 43 heavy (non-hydrogen) atoms. The Morgan fingerprint density at radius 3 is 2.09 bits per heavy atom. The van der Waals surface area contributed by atoms with Crippen molar-refractivity contribution < 1.29 is 23.9 Å². The van der Waals surface area contributed by atoms with Crippen LogP contribution in [0.1, 0.15) is 63.8 Å². The third-order valence-electron chi connectivity index (χ3n) is 7.54. The molecule has 0 heterocycles. The zero-order valence-electron chi connectivity index (χ0n) is 25.9. The number of hydrogen-bond donors (Lipinski definition) is 2. The second kappa shape index (κ2) is 13.8. The molecule has 0 bridgehead atoms. The quantitative estimate of drug-likeness (QED) is 0.275. The van der Waals surface area contributed by atoms with E-state index >= 15 is 0 Å². The molecule has 3 amide bonds. The van der Waals surface area contributed by atoms with Crippen molar-refractivity contribution in [1.82, 2.24) is 10.2 Å². The van der Waals surface area contributed by atoms with Crippen molar-refractivity contribution in [3.8, 4) is 5.75 Å². The predicted octanol–water partition coefficient (Wildman–Crippen LogP) is 6.31. The molecule has 1 fully saturated rings. The molecule has 1 aliphatic carbocycles. The molecular weight excluding hydrogens is 542 g/mol. The SMILES string of the molecule is CCc1ccc(C(C(=O)Nc2ccc(OC)cc2)N(C(=O)C(Cc2ccccc2)NC(=O)OC(C)(C)C)C2CC2C)cc1. The molecule has 4 unspecified atom stereocenters. The van der Waals surface area contributed by atoms with E-state index < -0.39 is 23.8 Å². The number of nitrogens with zero attached hydrogens (tertiary/aromatic N) is 1. The Bertz CT molecular complexity index is 1380. The van der Waals surface area contributed by atoms with E-state index in [1.807, 2.05) is 54.6 Å². The molecule has 8 heteroatoms. The Hall–Kier alpha value is -4.33. The van der Waals surface area contributed by atoms with E-state index in [0.717, 1.165) is 24.0 Å². The van der Waals surface area contributed by atoms with Gasteiger partial charge < -0.3 is 25.0 Å². The monoisotopic (exact) mass is 585 g/mol. The van der Waals surface area contributed by atoms with Crippen molar-refractivity contribution in [1.29, 1.82) is 0 Å². The van der Waals surface area contributed by atoms with Crippen molar-refractivity contribution >= 4 is 23.6 Å². The van der Waals surface area contributed by atoms with Crippen LogP contribution in [-0.2, 0) is 27.2 Å². The lowest BCUT2D eigenvalue weighted by molar-refractivity contribution is -0.141. The number of benzene rings is 3. The molecule has 0 spiro atoms. The number of ether oxygens (including phenoxy) is 2. The minimum Gasteiger partial charge on any atom is -0.497 e. The molecule has 228 valence electrons. The van der Waals surface area contributed by atoms with Crippen molar-refractivity contribution in [3.05, 3.63) is 95.6 Å². The molecular formula is C35H43N3O5. The maximum Gasteiger partial charge on any atom is 0.408 e. The number of alkyl carbamates (subject to hydrolysis) is 1. The van der Waals surface area contributed by atoms with Crippen LogP contribution in [0.3, 0.4) is 0 Å². The molecule has 0 aromatic heterocycles. The summed E-state index contributed by atoms with van der Waals surface area (Å²) in [7, 11) is 1.58. The first-order valence-corrected chi connectivity index (χ1v) is 14.9. The first-order chi connectivity index (χ1) is 20.5. The Labute approximate surface area is 254 Å². The summed E-state index contributed by atoms with van der Waals surface area (Å²) in [6.45, 7) is 9.47. The van der Waals surface area contributed by atoms with Crippen LogP contribution in [0.2, 0.25) is 0 Å². The maximum absolute atomic E-state index is 14.6. The molecule has 4 atom stereocenters. The lowest BCUT2D eigenvalue weighted by atomic mass is 9.98. The van der Waals surface area contributed by atoms with Gasteiger partial charge in [-0.25, -0.2) is 4.79 Å². The standard InChI is InChI=1S/C35H43N3O5/c1-7-24-13-15-26(16-14-24)31(32(39)36-27-17-19-28(42-6)20-18-27)38(30-21-23(30)2)33(40)29(22-25-11-9-8-10-12-25)37-34(41)43-35(3,4)5/h8-20,23,29-31H,7,21-22H2,1-6H3,(H,36,39)(H,37,41). The number of carbonyl (C=O) groups excluding carboxylic acids is 3. The van der Waals surface area contributed by atoms with E-state index in [-0.39, 0.29) is 30.2 Å². The predicted molar refractivity (Wildman–Crippen MR) is 168 cm³/mol. The third-order valence-corrected chi connectivity index (χ3v) is 7.54. The maximum atomic E-state index is 14.6. The average Bonchev–Trinajstić information content (AvgIpc) is 3.70. The fourth-order valence-electron chi connectivity index (χ4n) is 5.11. The summed E-state index contributed by atoms with van der Waals surface area (Å²) in [5.74, 6) is 0.204. The molecule has 1 aliphatic rings. The number of carbonyl (C=O) groups is 3. The van der Waals surface area contributed by atoms with Gasteiger partial charge in [0.2, 0.25) is 5.91 Å². The molecule has 2 N–H and O–H groups in total. The fourth-order valence-corrected chi connectivity index (χ4v) is 5.11. The van der Waals surface area contributed by atoms with Gasteiger partial charge in [-0.05, 0) is 80.5 Å². The molecule has 3 aromatic carbocycles. The van der Waals surface area contributed by atoms with Gasteiger partial charge in [-0.2, -0.15) is 0 Å². The fraction of sp³-hybridized carbons (Fsp3) is 0.400. The second-order valence-corrected chi connectivity index (χ2v) is 12.1. The Morgan fingerprint density at radius 1 is 0.930 bits per heavy atom. The lowest BCUT2D eigenvalue weighted by Crippen LogP contribution is -2.54. The van der Waals surface area contributed by atoms with E-state index in [1.54, 1.807) is 57.0 Å². The molecule has 8 nitrogen and oxygen atoms in total. The molecule has 3 aromatic rings. The Morgan fingerprint density at radius 2 is 1.56 bits per heavy atom. The highest BCUT2D eigenvalue weighted by molar-refractivity contribution is 5.99. The van der Waals surface area contributed by atoms with Gasteiger partial charge >= 0.3 is 6.09 Å². The summed E-state index contributed by atoms with van der Waals surface area (Å²) in [4.78, 5) is 43.4. The first-order valence-electron chi connectivity index (χ1n) is 14.9. The van der Waals surface area contributed by atoms with Crippen molar-refractivity contribution in [2.24, 2.45) is 5.92 Å². The Balaban J connectivity index is 1.73. The van der Waals surface area contributed by atoms with E-state index in [9.17, 15) is 14.4 Å². The summed E-state index contributed by atoms with van der Waals surface area (Å²) >= 11 is 0. The minimum atomic E-state index is -0.948. The van der Waals surface area contributed by atoms with E-state index in [4.69, 9.17) is 9.47 Å². The molecule has 1 saturated carbocycles. The number of methoxy groups -OCH3 is 1. The number of amides is 3. The number of rotatable bonds is 11. The largest absolute Gasteiger partial charge is 0.497 e. The van der Waals surface area contributed by atoms with E-state index in [0.29, 0.717) is 17.0 Å². The zero-order chi connectivity index (χ0) is 31.1. The van der Waals surface area contributed by atoms with E-state index in [2.05, 4.69) is 24.5 Å². The van der Waals surface area contributed by atoms with Gasteiger partial charge in [-0.15, -0.1) is 0 Å². The van der Waals surface area contributed by atoms with E-state index in [1.165, 1.54) is 0 Å². The topological polar surface area (TPSA) is 97.0 Å². The highest BCUT2D eigenvalue weighted by Crippen LogP contribution is 2.41. The van der Waals surface area contributed by atoms with Crippen LogP contribution >= 0.6 is 0 Å². The zero-order valence-corrected chi connectivity index (χ0v) is 25.9. The highest BCUT2D eigenvalue weighted by Gasteiger charge is 2.48. The minimum absolute atomic E-state index is 0.163. The van der Waals surface area contributed by atoms with Crippen LogP contribution < -0.4 is 15.4 Å². The first kappa shape index (κ1) is 31.6.